The molecule has 0 saturated carbocycles. The number of carbonyl (C=O) groups is 1. The third kappa shape index (κ3) is 5.78. The topological polar surface area (TPSA) is 147 Å². The number of imidazole rings is 1. The molecule has 0 radical (unpaired) electrons. The number of anilines is 1. The fourth-order valence-corrected chi connectivity index (χ4v) is 6.78. The highest BCUT2D eigenvalue weighted by atomic mass is 16.5. The Balaban J connectivity index is 1.27. The summed E-state index contributed by atoms with van der Waals surface area (Å²) in [6, 6.07) is 33.5. The average molecular weight is 657 g/mol. The molecule has 1 aliphatic rings. The van der Waals surface area contributed by atoms with Crippen molar-refractivity contribution in [1.29, 1.82) is 0 Å². The number of hydrogen-bond donors (Lipinski definition) is 3. The molecule has 0 bridgehead atoms. The molecule has 11 nitrogen and oxygen atoms in total. The molecule has 0 spiro atoms. The number of nitrogens with zero attached hydrogens (tertiary/aromatic N) is 4. The maximum absolute atomic E-state index is 12.9. The molecule has 11 heteroatoms. The lowest BCUT2D eigenvalue weighted by Gasteiger charge is -2.43. The van der Waals surface area contributed by atoms with E-state index < -0.39 is 29.9 Å². The number of hydrogen-bond acceptors (Lipinski definition) is 9. The van der Waals surface area contributed by atoms with E-state index in [0.717, 1.165) is 16.7 Å². The Morgan fingerprint density at radius 1 is 0.857 bits per heavy atom. The van der Waals surface area contributed by atoms with Crippen LogP contribution in [0, 0.1) is 0 Å². The van der Waals surface area contributed by atoms with E-state index in [1.54, 1.807) is 49.4 Å². The van der Waals surface area contributed by atoms with Crippen molar-refractivity contribution >= 4 is 22.9 Å². The number of benzene rings is 4. The number of ether oxygens (including phenoxy) is 3. The zero-order valence-electron chi connectivity index (χ0n) is 27.0. The van der Waals surface area contributed by atoms with E-state index in [2.05, 4.69) is 20.3 Å². The number of aromatic nitrogens is 4. The molecule has 4 N–H and O–H groups in total. The first-order valence-electron chi connectivity index (χ1n) is 15.9. The van der Waals surface area contributed by atoms with Gasteiger partial charge in [-0.3, -0.25) is 9.36 Å². The normalized spacial score (nSPS) is 18.2. The Labute approximate surface area is 283 Å². The van der Waals surface area contributed by atoms with Gasteiger partial charge in [0.05, 0.1) is 32.1 Å². The summed E-state index contributed by atoms with van der Waals surface area (Å²) in [5.41, 5.74) is 9.63. The fourth-order valence-electron chi connectivity index (χ4n) is 6.78. The standard InChI is InChI=1S/C38H36N6O5/c1-47-28-17-13-26(14-18-28)38(25-11-7-4-8-12-25,27-15-19-29(48-2)20-16-27)34(45)33-30(39)21-31(49-33)44-23-42-32-35(40-22-41-36(32)44)43-37(46)24-9-5-3-6-10-24/h3-20,22-23,30-31,33-34,45H,21,39H2,1-2H3,(H,40,41,43,46)/t30-,31+,33-,34?/m0/s1. The number of aliphatic hydroxyl groups excluding tert-OH is 1. The molecule has 4 aromatic carbocycles. The van der Waals surface area contributed by atoms with E-state index in [-0.39, 0.29) is 11.7 Å². The lowest BCUT2D eigenvalue weighted by atomic mass is 9.64. The highest BCUT2D eigenvalue weighted by Crippen LogP contribution is 2.47. The van der Waals surface area contributed by atoms with Gasteiger partial charge in [-0.15, -0.1) is 0 Å². The molecular weight excluding hydrogens is 620 g/mol. The van der Waals surface area contributed by atoms with E-state index >= 15 is 0 Å². The van der Waals surface area contributed by atoms with Gasteiger partial charge in [-0.1, -0.05) is 72.8 Å². The number of nitrogens with two attached hydrogens (primary N) is 1. The summed E-state index contributed by atoms with van der Waals surface area (Å²) in [5.74, 6) is 1.35. The maximum Gasteiger partial charge on any atom is 0.256 e. The summed E-state index contributed by atoms with van der Waals surface area (Å²) in [5, 5.41) is 15.6. The van der Waals surface area contributed by atoms with Gasteiger partial charge in [0.2, 0.25) is 0 Å². The second-order valence-electron chi connectivity index (χ2n) is 11.9. The van der Waals surface area contributed by atoms with Gasteiger partial charge in [0, 0.05) is 18.0 Å². The van der Waals surface area contributed by atoms with Crippen LogP contribution in [0.25, 0.3) is 11.2 Å². The molecule has 6 aromatic rings. The van der Waals surface area contributed by atoms with Gasteiger partial charge in [-0.2, -0.15) is 0 Å². The van der Waals surface area contributed by atoms with Crippen LogP contribution in [0.5, 0.6) is 11.5 Å². The Kier molecular flexibility index (Phi) is 8.79. The van der Waals surface area contributed by atoms with Crippen LogP contribution < -0.4 is 20.5 Å². The molecule has 1 saturated heterocycles. The minimum atomic E-state index is -1.15. The molecule has 49 heavy (non-hydrogen) atoms. The Morgan fingerprint density at radius 3 is 2.02 bits per heavy atom. The van der Waals surface area contributed by atoms with Crippen molar-refractivity contribution in [1.82, 2.24) is 19.5 Å². The number of rotatable bonds is 10. The number of methoxy groups -OCH3 is 2. The van der Waals surface area contributed by atoms with Crippen LogP contribution in [0.1, 0.15) is 39.7 Å². The molecule has 1 fully saturated rings. The second kappa shape index (κ2) is 13.5. The molecule has 4 atom stereocenters. The van der Waals surface area contributed by atoms with E-state index in [1.165, 1.54) is 6.33 Å². The van der Waals surface area contributed by atoms with Crippen molar-refractivity contribution in [2.75, 3.05) is 19.5 Å². The average Bonchev–Trinajstić information content (AvgIpc) is 3.77. The summed E-state index contributed by atoms with van der Waals surface area (Å²) in [4.78, 5) is 26.2. The summed E-state index contributed by atoms with van der Waals surface area (Å²) in [6.45, 7) is 0. The van der Waals surface area contributed by atoms with E-state index in [1.807, 2.05) is 84.9 Å². The van der Waals surface area contributed by atoms with Gasteiger partial charge in [-0.05, 0) is 53.1 Å². The van der Waals surface area contributed by atoms with Gasteiger partial charge in [0.15, 0.2) is 17.0 Å². The predicted molar refractivity (Wildman–Crippen MR) is 185 cm³/mol. The van der Waals surface area contributed by atoms with Crippen molar-refractivity contribution in [2.45, 2.75) is 36.3 Å². The van der Waals surface area contributed by atoms with Crippen molar-refractivity contribution in [3.63, 3.8) is 0 Å². The smallest absolute Gasteiger partial charge is 0.256 e. The lowest BCUT2D eigenvalue weighted by molar-refractivity contribution is -0.0764. The summed E-state index contributed by atoms with van der Waals surface area (Å²) < 4.78 is 19.4. The molecule has 248 valence electrons. The van der Waals surface area contributed by atoms with Crippen LogP contribution in [0.3, 0.4) is 0 Å². The third-order valence-corrected chi connectivity index (χ3v) is 9.22. The van der Waals surface area contributed by atoms with Crippen molar-refractivity contribution in [3.05, 3.63) is 144 Å². The molecule has 1 amide bonds. The fraction of sp³-hybridized carbons (Fsp3) is 0.211. The molecule has 1 aliphatic heterocycles. The lowest BCUT2D eigenvalue weighted by Crippen LogP contribution is -2.53. The largest absolute Gasteiger partial charge is 0.497 e. The summed E-state index contributed by atoms with van der Waals surface area (Å²) in [7, 11) is 3.24. The molecule has 2 aromatic heterocycles. The Hall–Kier alpha value is -5.62. The number of fused-ring (bicyclic) bond motifs is 1. The van der Waals surface area contributed by atoms with Gasteiger partial charge in [-0.25, -0.2) is 15.0 Å². The molecular formula is C38H36N6O5. The Bertz CT molecular complexity index is 1990. The number of amides is 1. The first-order chi connectivity index (χ1) is 23.9. The van der Waals surface area contributed by atoms with Crippen molar-refractivity contribution < 1.29 is 24.1 Å². The maximum atomic E-state index is 12.9. The van der Waals surface area contributed by atoms with Crippen molar-refractivity contribution in [2.24, 2.45) is 5.73 Å². The molecule has 3 heterocycles. The zero-order chi connectivity index (χ0) is 34.0. The van der Waals surface area contributed by atoms with E-state index in [0.29, 0.717) is 34.6 Å². The van der Waals surface area contributed by atoms with Crippen LogP contribution in [0.4, 0.5) is 5.82 Å². The summed E-state index contributed by atoms with van der Waals surface area (Å²) in [6.07, 6.45) is 0.774. The minimum Gasteiger partial charge on any atom is -0.497 e. The van der Waals surface area contributed by atoms with Crippen LogP contribution >= 0.6 is 0 Å². The Morgan fingerprint density at radius 2 is 1.43 bits per heavy atom. The molecule has 7 rings (SSSR count). The predicted octanol–water partition coefficient (Wildman–Crippen LogP) is 5.11. The van der Waals surface area contributed by atoms with E-state index in [4.69, 9.17) is 19.9 Å². The minimum absolute atomic E-state index is 0.276. The second-order valence-corrected chi connectivity index (χ2v) is 11.9. The van der Waals surface area contributed by atoms with Crippen LogP contribution in [-0.4, -0.2) is 63.0 Å². The van der Waals surface area contributed by atoms with Gasteiger partial charge < -0.3 is 30.4 Å². The first kappa shape index (κ1) is 32.0. The SMILES string of the molecule is COc1ccc(C(c2ccccc2)(c2ccc(OC)cc2)C(O)[C@H]2O[C@@H](n3cnc4c(NC(=O)c5ccccc5)ncnc43)C[C@@H]2N)cc1. The number of carbonyl (C=O) groups excluding carboxylic acids is 1. The molecule has 0 aliphatic carbocycles. The quantitative estimate of drug-likeness (QED) is 0.171. The van der Waals surface area contributed by atoms with Gasteiger partial charge >= 0.3 is 0 Å². The van der Waals surface area contributed by atoms with Crippen LogP contribution in [-0.2, 0) is 10.2 Å². The number of nitrogens with one attached hydrogen (secondary N) is 1. The van der Waals surface area contributed by atoms with E-state index in [9.17, 15) is 9.90 Å². The third-order valence-electron chi connectivity index (χ3n) is 9.22. The highest BCUT2D eigenvalue weighted by Gasteiger charge is 2.51. The number of aliphatic hydroxyl groups is 1. The monoisotopic (exact) mass is 656 g/mol. The van der Waals surface area contributed by atoms with Crippen molar-refractivity contribution in [3.8, 4) is 11.5 Å². The van der Waals surface area contributed by atoms with Gasteiger partial charge in [0.1, 0.15) is 30.2 Å². The van der Waals surface area contributed by atoms with Crippen LogP contribution in [0.2, 0.25) is 0 Å². The van der Waals surface area contributed by atoms with Crippen LogP contribution in [0.15, 0.2) is 122 Å². The zero-order valence-corrected chi connectivity index (χ0v) is 27.0. The highest BCUT2D eigenvalue weighted by molar-refractivity contribution is 6.06. The van der Waals surface area contributed by atoms with Gasteiger partial charge in [0.25, 0.3) is 5.91 Å². The first-order valence-corrected chi connectivity index (χ1v) is 15.9. The summed E-state index contributed by atoms with van der Waals surface area (Å²) >= 11 is 0. The molecule has 1 unspecified atom stereocenters.